The van der Waals surface area contributed by atoms with Crippen LogP contribution in [0.3, 0.4) is 0 Å². The number of hydrogen-bond donors (Lipinski definition) is 0. The molecule has 1 saturated carbocycles. The molecule has 0 aromatic heterocycles. The Labute approximate surface area is 91.8 Å². The Kier molecular flexibility index (Phi) is 2.43. The quantitative estimate of drug-likeness (QED) is 0.518. The van der Waals surface area contributed by atoms with E-state index >= 15 is 0 Å². The number of aldehydes is 1. The van der Waals surface area contributed by atoms with Gasteiger partial charge in [0.05, 0.1) is 6.61 Å². The van der Waals surface area contributed by atoms with Crippen molar-refractivity contribution < 1.29 is 21.2 Å². The van der Waals surface area contributed by atoms with Crippen molar-refractivity contribution in [1.29, 1.82) is 0 Å². The minimum atomic E-state index is -2.17. The molecule has 80 valence electrons. The van der Waals surface area contributed by atoms with Gasteiger partial charge in [-0.25, -0.2) is 0 Å². The fourth-order valence-corrected chi connectivity index (χ4v) is 1.48. The average molecular weight is 203 g/mol. The van der Waals surface area contributed by atoms with E-state index in [0.29, 0.717) is 0 Å². The molecule has 1 aliphatic carbocycles. The molecule has 1 rings (SSSR count). The summed E-state index contributed by atoms with van der Waals surface area (Å²) in [7, 11) is 0. The third kappa shape index (κ3) is 3.13. The first-order valence-electron chi connectivity index (χ1n) is 7.27. The zero-order chi connectivity index (χ0) is 14.8. The predicted octanol–water partition coefficient (Wildman–Crippen LogP) is 1.94. The van der Waals surface area contributed by atoms with E-state index in [2.05, 4.69) is 0 Å². The first-order valence-corrected chi connectivity index (χ1v) is 4.77. The highest BCUT2D eigenvalue weighted by Crippen LogP contribution is 2.31. The van der Waals surface area contributed by atoms with Crippen LogP contribution in [0.1, 0.15) is 45.8 Å². The fourth-order valence-electron chi connectivity index (χ4n) is 1.48. The Morgan fingerprint density at radius 1 is 1.64 bits per heavy atom. The van der Waals surface area contributed by atoms with Crippen LogP contribution in [0.25, 0.3) is 0 Å². The van der Waals surface area contributed by atoms with Crippen LogP contribution >= 0.6 is 0 Å². The molecule has 0 N–H and O–H groups in total. The standard InChI is InChI=1S/C11H18O3/c1-2-14-11(13)7-9-5-3-4-6-10(9)8-12/h8-10H,2-7H2,1H3/i3D2,4D2,8D. The largest absolute Gasteiger partial charge is 0.466 e. The van der Waals surface area contributed by atoms with Crippen LogP contribution < -0.4 is 0 Å². The molecule has 0 bridgehead atoms. The maximum atomic E-state index is 11.4. The number of esters is 1. The molecule has 0 spiro atoms. The Bertz CT molecular complexity index is 369. The van der Waals surface area contributed by atoms with Gasteiger partial charge in [-0.2, -0.15) is 0 Å². The molecule has 2 atom stereocenters. The predicted molar refractivity (Wildman–Crippen MR) is 52.8 cm³/mol. The fraction of sp³-hybridized carbons (Fsp3) is 0.818. The van der Waals surface area contributed by atoms with E-state index in [1.54, 1.807) is 6.92 Å². The van der Waals surface area contributed by atoms with Gasteiger partial charge in [-0.05, 0) is 25.7 Å². The van der Waals surface area contributed by atoms with Gasteiger partial charge in [0.25, 0.3) is 0 Å². The molecule has 2 unspecified atom stereocenters. The minimum Gasteiger partial charge on any atom is -0.466 e. The van der Waals surface area contributed by atoms with Gasteiger partial charge in [-0.1, -0.05) is 12.7 Å². The van der Waals surface area contributed by atoms with Crippen LogP contribution in [-0.4, -0.2) is 18.8 Å². The van der Waals surface area contributed by atoms with E-state index in [0.717, 1.165) is 0 Å². The van der Waals surface area contributed by atoms with Crippen LogP contribution in [0, 0.1) is 11.8 Å². The first-order chi connectivity index (χ1) is 8.60. The summed E-state index contributed by atoms with van der Waals surface area (Å²) in [5.41, 5.74) is 0. The van der Waals surface area contributed by atoms with E-state index in [9.17, 15) is 9.59 Å². The minimum absolute atomic E-state index is 0.154. The number of carbonyl (C=O) groups is 2. The van der Waals surface area contributed by atoms with Crippen LogP contribution in [0.2, 0.25) is 0 Å². The molecule has 0 aromatic rings. The van der Waals surface area contributed by atoms with Crippen molar-refractivity contribution in [2.24, 2.45) is 11.8 Å². The van der Waals surface area contributed by atoms with E-state index < -0.39 is 36.8 Å². The van der Waals surface area contributed by atoms with Gasteiger partial charge >= 0.3 is 5.97 Å². The lowest BCUT2D eigenvalue weighted by molar-refractivity contribution is -0.145. The highest BCUT2D eigenvalue weighted by atomic mass is 16.5. The normalized spacial score (nSPS) is 39.4. The third-order valence-electron chi connectivity index (χ3n) is 2.27. The molecule has 0 aliphatic heterocycles. The summed E-state index contributed by atoms with van der Waals surface area (Å²) in [6, 6.07) is 0. The van der Waals surface area contributed by atoms with Crippen molar-refractivity contribution in [3.63, 3.8) is 0 Å². The maximum absolute atomic E-state index is 11.4. The Balaban J connectivity index is 2.88. The third-order valence-corrected chi connectivity index (χ3v) is 2.27. The second-order valence-electron chi connectivity index (χ2n) is 3.26. The molecule has 1 fully saturated rings. The zero-order valence-corrected chi connectivity index (χ0v) is 8.21. The molecule has 3 nitrogen and oxygen atoms in total. The van der Waals surface area contributed by atoms with Crippen LogP contribution in [0.5, 0.6) is 0 Å². The van der Waals surface area contributed by atoms with Crippen molar-refractivity contribution in [2.45, 2.75) is 38.9 Å². The summed E-state index contributed by atoms with van der Waals surface area (Å²) >= 11 is 0. The van der Waals surface area contributed by atoms with Crippen molar-refractivity contribution in [2.75, 3.05) is 6.61 Å². The molecule has 0 radical (unpaired) electrons. The number of hydrogen-bond acceptors (Lipinski definition) is 3. The van der Waals surface area contributed by atoms with Crippen molar-refractivity contribution in [3.05, 3.63) is 0 Å². The van der Waals surface area contributed by atoms with Crippen LogP contribution in [0.15, 0.2) is 0 Å². The molecular weight excluding hydrogens is 180 g/mol. The van der Waals surface area contributed by atoms with E-state index in [4.69, 9.17) is 11.6 Å². The number of carbonyl (C=O) groups excluding carboxylic acids is 2. The van der Waals surface area contributed by atoms with Gasteiger partial charge in [0.1, 0.15) is 7.63 Å². The molecule has 0 amide bonds. The van der Waals surface area contributed by atoms with Crippen LogP contribution in [0.4, 0.5) is 0 Å². The Hall–Kier alpha value is -0.860. The Morgan fingerprint density at radius 3 is 3.00 bits per heavy atom. The van der Waals surface area contributed by atoms with Crippen molar-refractivity contribution >= 4 is 12.2 Å². The summed E-state index contributed by atoms with van der Waals surface area (Å²) in [5, 5.41) is 0. The molecule has 14 heavy (non-hydrogen) atoms. The van der Waals surface area contributed by atoms with Crippen molar-refractivity contribution in [3.8, 4) is 0 Å². The molecule has 0 aromatic carbocycles. The monoisotopic (exact) mass is 203 g/mol. The first kappa shape index (κ1) is 5.89. The topological polar surface area (TPSA) is 43.4 Å². The van der Waals surface area contributed by atoms with Gasteiger partial charge in [0.2, 0.25) is 0 Å². The molecule has 3 heteroatoms. The maximum Gasteiger partial charge on any atom is 0.306 e. The second-order valence-corrected chi connectivity index (χ2v) is 3.26. The highest BCUT2D eigenvalue weighted by Gasteiger charge is 2.26. The van der Waals surface area contributed by atoms with E-state index in [1.165, 1.54) is 0 Å². The number of ether oxygens (including phenoxy) is 1. The second kappa shape index (κ2) is 5.78. The summed E-state index contributed by atoms with van der Waals surface area (Å²) in [6.07, 6.45) is -6.01. The molecule has 1 aliphatic rings. The van der Waals surface area contributed by atoms with Gasteiger partial charge in [0, 0.05) is 17.8 Å². The lowest BCUT2D eigenvalue weighted by atomic mass is 9.78. The Morgan fingerprint density at radius 2 is 2.36 bits per heavy atom. The van der Waals surface area contributed by atoms with Crippen molar-refractivity contribution in [1.82, 2.24) is 0 Å². The molecule has 0 heterocycles. The molecule has 0 saturated heterocycles. The lowest BCUT2D eigenvalue weighted by Gasteiger charge is -2.26. The summed E-state index contributed by atoms with van der Waals surface area (Å²) < 4.78 is 42.6. The summed E-state index contributed by atoms with van der Waals surface area (Å²) in [4.78, 5) is 22.7. The van der Waals surface area contributed by atoms with E-state index in [1.807, 2.05) is 0 Å². The smallest absolute Gasteiger partial charge is 0.306 e. The van der Waals surface area contributed by atoms with E-state index in [-0.39, 0.29) is 25.9 Å². The van der Waals surface area contributed by atoms with Gasteiger partial charge < -0.3 is 9.53 Å². The van der Waals surface area contributed by atoms with Gasteiger partial charge in [-0.15, -0.1) is 0 Å². The lowest BCUT2D eigenvalue weighted by Crippen LogP contribution is -2.24. The van der Waals surface area contributed by atoms with Crippen LogP contribution in [-0.2, 0) is 14.3 Å². The SMILES string of the molecule is [2H]C(=O)C1CC([2H])([2H])C([2H])([2H])CC1CC(=O)OCC. The van der Waals surface area contributed by atoms with Gasteiger partial charge in [-0.3, -0.25) is 4.79 Å². The number of rotatable bonds is 4. The highest BCUT2D eigenvalue weighted by molar-refractivity contribution is 5.70. The van der Waals surface area contributed by atoms with Gasteiger partial charge in [0.15, 0.2) is 0 Å². The molecular formula is C11H18O3. The summed E-state index contributed by atoms with van der Waals surface area (Å²) in [6.45, 7) is 1.84. The zero-order valence-electron chi connectivity index (χ0n) is 13.2. The summed E-state index contributed by atoms with van der Waals surface area (Å²) in [5.74, 6) is -2.18. The average Bonchev–Trinajstić information content (AvgIpc) is 2.22.